The average molecular weight is 275 g/mol. The van der Waals surface area contributed by atoms with Crippen LogP contribution in [0.2, 0.25) is 0 Å². The molecule has 0 saturated carbocycles. The molecule has 0 aliphatic carbocycles. The van der Waals surface area contributed by atoms with E-state index in [0.29, 0.717) is 35.9 Å². The molecule has 0 bridgehead atoms. The van der Waals surface area contributed by atoms with E-state index in [1.807, 2.05) is 0 Å². The van der Waals surface area contributed by atoms with Crippen LogP contribution in [0.15, 0.2) is 22.6 Å². The summed E-state index contributed by atoms with van der Waals surface area (Å²) in [6.07, 6.45) is 0. The fourth-order valence-corrected chi connectivity index (χ4v) is 2.63. The van der Waals surface area contributed by atoms with Gasteiger partial charge in [0.2, 0.25) is 0 Å². The Morgan fingerprint density at radius 2 is 2.05 bits per heavy atom. The quantitative estimate of drug-likeness (QED) is 0.899. The summed E-state index contributed by atoms with van der Waals surface area (Å²) in [6.45, 7) is 5.37. The van der Waals surface area contributed by atoms with E-state index in [4.69, 9.17) is 14.9 Å². The van der Waals surface area contributed by atoms with E-state index in [-0.39, 0.29) is 12.1 Å². The smallest absolute Gasteiger partial charge is 0.299 e. The number of anilines is 1. The van der Waals surface area contributed by atoms with Crippen LogP contribution in [0.4, 0.5) is 6.01 Å². The number of carbonyl (C=O) groups is 1. The summed E-state index contributed by atoms with van der Waals surface area (Å²) in [7, 11) is 0. The number of primary amides is 1. The van der Waals surface area contributed by atoms with E-state index in [0.717, 1.165) is 0 Å². The molecule has 1 aliphatic heterocycles. The van der Waals surface area contributed by atoms with Crippen LogP contribution >= 0.6 is 0 Å². The van der Waals surface area contributed by atoms with Crippen molar-refractivity contribution >= 4 is 23.0 Å². The van der Waals surface area contributed by atoms with Crippen molar-refractivity contribution in [3.8, 4) is 0 Å². The molecule has 6 nitrogen and oxygen atoms in total. The van der Waals surface area contributed by atoms with Gasteiger partial charge >= 0.3 is 0 Å². The van der Waals surface area contributed by atoms with Crippen LogP contribution in [-0.4, -0.2) is 36.2 Å². The number of hydrogen-bond acceptors (Lipinski definition) is 5. The summed E-state index contributed by atoms with van der Waals surface area (Å²) in [5, 5.41) is 0. The number of ether oxygens (including phenoxy) is 1. The zero-order chi connectivity index (χ0) is 14.3. The van der Waals surface area contributed by atoms with Gasteiger partial charge in [-0.25, -0.2) is 0 Å². The van der Waals surface area contributed by atoms with Crippen molar-refractivity contribution in [2.24, 2.45) is 5.73 Å². The number of nitrogens with zero attached hydrogens (tertiary/aromatic N) is 2. The van der Waals surface area contributed by atoms with E-state index in [1.165, 1.54) is 0 Å². The van der Waals surface area contributed by atoms with Gasteiger partial charge in [0.1, 0.15) is 5.52 Å². The van der Waals surface area contributed by atoms with E-state index in [9.17, 15) is 4.79 Å². The number of rotatable bonds is 2. The second-order valence-corrected chi connectivity index (χ2v) is 5.16. The summed E-state index contributed by atoms with van der Waals surface area (Å²) in [5.41, 5.74) is 6.83. The van der Waals surface area contributed by atoms with Gasteiger partial charge in [-0.05, 0) is 26.0 Å². The number of nitrogens with two attached hydrogens (primary N) is 1. The molecular weight excluding hydrogens is 258 g/mol. The van der Waals surface area contributed by atoms with Crippen LogP contribution in [-0.2, 0) is 4.74 Å². The first-order valence-corrected chi connectivity index (χ1v) is 6.63. The van der Waals surface area contributed by atoms with Gasteiger partial charge in [0, 0.05) is 0 Å². The standard InChI is InChI=1S/C14H17N3O3/c1-8-6-19-7-9(2)17(8)14-16-12-10(13(15)18)4-3-5-11(12)20-14/h3-5,8-9H,6-7H2,1-2H3,(H2,15,18)/t8-,9-/m0/s1. The van der Waals surface area contributed by atoms with Crippen LogP contribution in [0.3, 0.4) is 0 Å². The highest BCUT2D eigenvalue weighted by Crippen LogP contribution is 2.28. The van der Waals surface area contributed by atoms with Crippen molar-refractivity contribution in [1.82, 2.24) is 4.98 Å². The van der Waals surface area contributed by atoms with Crippen molar-refractivity contribution in [2.45, 2.75) is 25.9 Å². The van der Waals surface area contributed by atoms with Crippen molar-refractivity contribution in [3.63, 3.8) is 0 Å². The van der Waals surface area contributed by atoms with Crippen molar-refractivity contribution in [3.05, 3.63) is 23.8 Å². The first-order valence-electron chi connectivity index (χ1n) is 6.63. The molecule has 6 heteroatoms. The summed E-state index contributed by atoms with van der Waals surface area (Å²) < 4.78 is 11.3. The second-order valence-electron chi connectivity index (χ2n) is 5.16. The number of aromatic nitrogens is 1. The third-order valence-corrected chi connectivity index (χ3v) is 3.56. The molecule has 20 heavy (non-hydrogen) atoms. The number of benzene rings is 1. The first kappa shape index (κ1) is 12.9. The van der Waals surface area contributed by atoms with Crippen LogP contribution in [0.5, 0.6) is 0 Å². The monoisotopic (exact) mass is 275 g/mol. The van der Waals surface area contributed by atoms with Gasteiger partial charge in [0.15, 0.2) is 5.58 Å². The van der Waals surface area contributed by atoms with Crippen LogP contribution < -0.4 is 10.6 Å². The predicted octanol–water partition coefficient (Wildman–Crippen LogP) is 1.54. The fraction of sp³-hybridized carbons (Fsp3) is 0.429. The highest BCUT2D eigenvalue weighted by Gasteiger charge is 2.29. The van der Waals surface area contributed by atoms with Crippen molar-refractivity contribution in [2.75, 3.05) is 18.1 Å². The minimum Gasteiger partial charge on any atom is -0.423 e. The molecule has 1 aliphatic rings. The van der Waals surface area contributed by atoms with Crippen LogP contribution in [0.1, 0.15) is 24.2 Å². The Bertz CT molecular complexity index is 642. The second kappa shape index (κ2) is 4.79. The number of hydrogen-bond donors (Lipinski definition) is 1. The largest absolute Gasteiger partial charge is 0.423 e. The van der Waals surface area contributed by atoms with Gasteiger partial charge in [-0.3, -0.25) is 4.79 Å². The molecule has 2 atom stereocenters. The lowest BCUT2D eigenvalue weighted by atomic mass is 10.2. The molecule has 2 aromatic rings. The molecule has 0 unspecified atom stereocenters. The molecule has 2 N–H and O–H groups in total. The van der Waals surface area contributed by atoms with Gasteiger partial charge in [-0.15, -0.1) is 0 Å². The zero-order valence-corrected chi connectivity index (χ0v) is 11.5. The van der Waals surface area contributed by atoms with Crippen LogP contribution in [0, 0.1) is 0 Å². The van der Waals surface area contributed by atoms with E-state index >= 15 is 0 Å². The molecule has 106 valence electrons. The van der Waals surface area contributed by atoms with Crippen molar-refractivity contribution in [1.29, 1.82) is 0 Å². The first-order chi connectivity index (χ1) is 9.58. The maximum Gasteiger partial charge on any atom is 0.299 e. The number of para-hydroxylation sites is 1. The molecule has 2 heterocycles. The Labute approximate surface area is 116 Å². The Balaban J connectivity index is 2.08. The van der Waals surface area contributed by atoms with E-state index < -0.39 is 5.91 Å². The normalized spacial score (nSPS) is 23.2. The Morgan fingerprint density at radius 3 is 2.70 bits per heavy atom. The van der Waals surface area contributed by atoms with E-state index in [2.05, 4.69) is 23.7 Å². The minimum absolute atomic E-state index is 0.170. The van der Waals surface area contributed by atoms with Gasteiger partial charge in [-0.2, -0.15) is 4.98 Å². The molecular formula is C14H17N3O3. The van der Waals surface area contributed by atoms with Gasteiger partial charge in [0.05, 0.1) is 30.9 Å². The fourth-order valence-electron chi connectivity index (χ4n) is 2.63. The summed E-state index contributed by atoms with van der Waals surface area (Å²) in [6, 6.07) is 6.03. The summed E-state index contributed by atoms with van der Waals surface area (Å²) in [5.74, 6) is -0.501. The lowest BCUT2D eigenvalue weighted by Crippen LogP contribution is -2.49. The third-order valence-electron chi connectivity index (χ3n) is 3.56. The Kier molecular flexibility index (Phi) is 3.10. The molecule has 1 fully saturated rings. The highest BCUT2D eigenvalue weighted by molar-refractivity contribution is 6.03. The average Bonchev–Trinajstić information content (AvgIpc) is 2.81. The lowest BCUT2D eigenvalue weighted by Gasteiger charge is -2.37. The number of oxazole rings is 1. The maximum absolute atomic E-state index is 11.4. The Hall–Kier alpha value is -2.08. The maximum atomic E-state index is 11.4. The molecule has 0 spiro atoms. The van der Waals surface area contributed by atoms with Crippen LogP contribution in [0.25, 0.3) is 11.1 Å². The highest BCUT2D eigenvalue weighted by atomic mass is 16.5. The van der Waals surface area contributed by atoms with E-state index in [1.54, 1.807) is 18.2 Å². The SMILES string of the molecule is C[C@H]1COC[C@H](C)N1c1nc2c(C(N)=O)cccc2o1. The Morgan fingerprint density at radius 1 is 1.35 bits per heavy atom. The molecule has 1 aromatic heterocycles. The summed E-state index contributed by atoms with van der Waals surface area (Å²) >= 11 is 0. The van der Waals surface area contributed by atoms with Gasteiger partial charge in [-0.1, -0.05) is 6.07 Å². The molecule has 1 saturated heterocycles. The number of morpholine rings is 1. The van der Waals surface area contributed by atoms with Gasteiger partial charge in [0.25, 0.3) is 11.9 Å². The topological polar surface area (TPSA) is 81.6 Å². The molecule has 1 aromatic carbocycles. The number of fused-ring (bicyclic) bond motifs is 1. The lowest BCUT2D eigenvalue weighted by molar-refractivity contribution is 0.0727. The van der Waals surface area contributed by atoms with Crippen molar-refractivity contribution < 1.29 is 13.9 Å². The third kappa shape index (κ3) is 2.02. The predicted molar refractivity (Wildman–Crippen MR) is 74.7 cm³/mol. The van der Waals surface area contributed by atoms with Gasteiger partial charge < -0.3 is 19.8 Å². The summed E-state index contributed by atoms with van der Waals surface area (Å²) in [4.78, 5) is 18.0. The molecule has 3 rings (SSSR count). The number of carbonyl (C=O) groups excluding carboxylic acids is 1. The minimum atomic E-state index is -0.501. The molecule has 0 radical (unpaired) electrons. The molecule has 1 amide bonds. The number of amides is 1. The zero-order valence-electron chi connectivity index (χ0n) is 11.5.